The van der Waals surface area contributed by atoms with Crippen molar-refractivity contribution in [3.8, 4) is 5.75 Å². The Kier molecular flexibility index (Phi) is 6.64. The fraction of sp³-hybridized carbons (Fsp3) is 0.345. The average Bonchev–Trinajstić information content (AvgIpc) is 2.82. The maximum atomic E-state index is 13.1. The molecule has 0 bridgehead atoms. The number of aromatic hydroxyl groups is 1. The van der Waals surface area contributed by atoms with Crippen molar-refractivity contribution in [3.05, 3.63) is 98.4 Å². The Morgan fingerprint density at radius 1 is 1.00 bits per heavy atom. The van der Waals surface area contributed by atoms with Crippen molar-refractivity contribution in [1.29, 1.82) is 0 Å². The highest BCUT2D eigenvalue weighted by Crippen LogP contribution is 2.38. The van der Waals surface area contributed by atoms with Crippen LogP contribution < -0.4 is 16.3 Å². The van der Waals surface area contributed by atoms with Crippen LogP contribution in [0.3, 0.4) is 0 Å². The van der Waals surface area contributed by atoms with Gasteiger partial charge in [-0.2, -0.15) is 0 Å². The van der Waals surface area contributed by atoms with E-state index in [-0.39, 0.29) is 17.1 Å². The molecule has 2 unspecified atom stereocenters. The van der Waals surface area contributed by atoms with E-state index in [2.05, 4.69) is 43.3 Å². The fourth-order valence-corrected chi connectivity index (χ4v) is 5.12. The number of hydrogen-bond donors (Lipinski definition) is 1. The molecule has 0 saturated heterocycles. The van der Waals surface area contributed by atoms with Gasteiger partial charge in [0.1, 0.15) is 11.2 Å². The van der Waals surface area contributed by atoms with E-state index < -0.39 is 5.63 Å². The molecule has 1 aliphatic rings. The van der Waals surface area contributed by atoms with Gasteiger partial charge in [-0.25, -0.2) is 4.79 Å². The van der Waals surface area contributed by atoms with Gasteiger partial charge in [-0.15, -0.1) is 0 Å². The molecule has 1 aliphatic carbocycles. The Morgan fingerprint density at radius 2 is 1.69 bits per heavy atom. The lowest BCUT2D eigenvalue weighted by atomic mass is 9.73. The van der Waals surface area contributed by atoms with Crippen LogP contribution in [0.1, 0.15) is 68.6 Å². The molecule has 32 heavy (non-hydrogen) atoms. The molecule has 0 amide bonds. The summed E-state index contributed by atoms with van der Waals surface area (Å²) >= 11 is 0. The van der Waals surface area contributed by atoms with Crippen LogP contribution in [0.4, 0.5) is 0 Å². The predicted octanol–water partition coefficient (Wildman–Crippen LogP) is 5.27. The molecule has 0 saturated carbocycles. The van der Waals surface area contributed by atoms with E-state index in [0.717, 1.165) is 37.7 Å². The smallest absolute Gasteiger partial charge is 0.343 e. The summed E-state index contributed by atoms with van der Waals surface area (Å²) in [6.07, 6.45) is 9.76. The van der Waals surface area contributed by atoms with Gasteiger partial charge in [-0.1, -0.05) is 87.0 Å². The lowest BCUT2D eigenvalue weighted by molar-refractivity contribution is 0.337. The molecule has 3 heteroatoms. The van der Waals surface area contributed by atoms with Gasteiger partial charge in [0.15, 0.2) is 0 Å². The van der Waals surface area contributed by atoms with Crippen molar-refractivity contribution in [2.45, 2.75) is 58.3 Å². The normalized spacial score (nSPS) is 18.3. The zero-order valence-corrected chi connectivity index (χ0v) is 19.0. The van der Waals surface area contributed by atoms with Gasteiger partial charge >= 0.3 is 5.63 Å². The fourth-order valence-electron chi connectivity index (χ4n) is 5.12. The highest BCUT2D eigenvalue weighted by Gasteiger charge is 2.30. The molecule has 0 radical (unpaired) electrons. The second-order valence-corrected chi connectivity index (χ2v) is 8.95. The number of aryl methyl sites for hydroxylation is 1. The van der Waals surface area contributed by atoms with Crippen LogP contribution in [-0.4, -0.2) is 5.11 Å². The van der Waals surface area contributed by atoms with Gasteiger partial charge in [-0.05, 0) is 54.7 Å². The van der Waals surface area contributed by atoms with Gasteiger partial charge in [0.25, 0.3) is 0 Å². The van der Waals surface area contributed by atoms with Crippen molar-refractivity contribution < 1.29 is 9.52 Å². The first-order valence-electron chi connectivity index (χ1n) is 11.7. The minimum Gasteiger partial charge on any atom is -0.507 e. The standard InChI is InChI=1S/C29H32O3/c1-3-17-29(18-15-21-11-7-5-8-12-21)19-16-24-25(20-29)32-28(31)26(27(24)30)23(4-2)22-13-9-6-10-14-22/h5-14,16,20,23,30H,3-4,15,17-19H2,1-2H3. The first-order valence-corrected chi connectivity index (χ1v) is 11.7. The van der Waals surface area contributed by atoms with Crippen LogP contribution in [0, 0.1) is 5.41 Å². The van der Waals surface area contributed by atoms with Crippen LogP contribution in [0.25, 0.3) is 12.2 Å². The SMILES string of the molecule is CCCC1(CCc2ccccc2)C=c2oc(=O)c(C(CC)c3ccccc3)c(O)c2=CC1. The number of fused-ring (bicyclic) bond motifs is 1. The Bertz CT molecular complexity index is 1230. The summed E-state index contributed by atoms with van der Waals surface area (Å²) in [6.45, 7) is 4.22. The van der Waals surface area contributed by atoms with Crippen LogP contribution in [0.2, 0.25) is 0 Å². The number of benzene rings is 2. The third-order valence-corrected chi connectivity index (χ3v) is 6.81. The van der Waals surface area contributed by atoms with Crippen molar-refractivity contribution in [3.63, 3.8) is 0 Å². The summed E-state index contributed by atoms with van der Waals surface area (Å²) in [7, 11) is 0. The van der Waals surface area contributed by atoms with E-state index in [9.17, 15) is 9.90 Å². The molecule has 0 spiro atoms. The molecule has 2 aromatic carbocycles. The second kappa shape index (κ2) is 9.60. The maximum absolute atomic E-state index is 13.1. The maximum Gasteiger partial charge on any atom is 0.343 e. The highest BCUT2D eigenvalue weighted by molar-refractivity contribution is 5.49. The lowest BCUT2D eigenvalue weighted by Crippen LogP contribution is -2.38. The Hall–Kier alpha value is -3.07. The van der Waals surface area contributed by atoms with Crippen LogP contribution >= 0.6 is 0 Å². The number of rotatable bonds is 8. The largest absolute Gasteiger partial charge is 0.507 e. The summed E-state index contributed by atoms with van der Waals surface area (Å²) in [6, 6.07) is 20.4. The summed E-state index contributed by atoms with van der Waals surface area (Å²) in [5.74, 6) is -0.108. The minimum atomic E-state index is -0.433. The zero-order valence-electron chi connectivity index (χ0n) is 19.0. The van der Waals surface area contributed by atoms with E-state index >= 15 is 0 Å². The van der Waals surface area contributed by atoms with Crippen LogP contribution in [0.5, 0.6) is 5.75 Å². The summed E-state index contributed by atoms with van der Waals surface area (Å²) in [5.41, 5.74) is 2.72. The van der Waals surface area contributed by atoms with Crippen molar-refractivity contribution in [2.75, 3.05) is 0 Å². The topological polar surface area (TPSA) is 50.4 Å². The third-order valence-electron chi connectivity index (χ3n) is 6.81. The molecule has 0 aliphatic heterocycles. The third kappa shape index (κ3) is 4.43. The van der Waals surface area contributed by atoms with E-state index in [1.54, 1.807) is 0 Å². The lowest BCUT2D eigenvalue weighted by Gasteiger charge is -2.31. The Labute approximate surface area is 189 Å². The van der Waals surface area contributed by atoms with Gasteiger partial charge in [0.2, 0.25) is 0 Å². The molecule has 4 rings (SSSR count). The van der Waals surface area contributed by atoms with Crippen molar-refractivity contribution in [1.82, 2.24) is 0 Å². The first kappa shape index (κ1) is 22.1. The molecule has 3 nitrogen and oxygen atoms in total. The molecule has 3 aromatic rings. The van der Waals surface area contributed by atoms with Gasteiger partial charge < -0.3 is 9.52 Å². The van der Waals surface area contributed by atoms with E-state index in [0.29, 0.717) is 22.6 Å². The Morgan fingerprint density at radius 3 is 2.34 bits per heavy atom. The molecule has 166 valence electrons. The number of hydrogen-bond acceptors (Lipinski definition) is 3. The van der Waals surface area contributed by atoms with Crippen LogP contribution in [-0.2, 0) is 6.42 Å². The molecule has 0 fully saturated rings. The first-order chi connectivity index (χ1) is 15.6. The molecular formula is C29H32O3. The molecular weight excluding hydrogens is 396 g/mol. The summed E-state index contributed by atoms with van der Waals surface area (Å²) in [5, 5.41) is 11.8. The van der Waals surface area contributed by atoms with Gasteiger partial charge in [0.05, 0.1) is 10.8 Å². The van der Waals surface area contributed by atoms with E-state index in [1.165, 1.54) is 5.56 Å². The van der Waals surface area contributed by atoms with E-state index in [1.807, 2.05) is 43.3 Å². The second-order valence-electron chi connectivity index (χ2n) is 8.95. The quantitative estimate of drug-likeness (QED) is 0.532. The molecule has 1 heterocycles. The van der Waals surface area contributed by atoms with Gasteiger partial charge in [-0.3, -0.25) is 0 Å². The molecule has 1 aromatic heterocycles. The highest BCUT2D eigenvalue weighted by atomic mass is 16.4. The summed E-state index contributed by atoms with van der Waals surface area (Å²) < 4.78 is 5.87. The molecule has 2 atom stereocenters. The Balaban J connectivity index is 1.75. The monoisotopic (exact) mass is 428 g/mol. The molecule has 1 N–H and O–H groups in total. The average molecular weight is 429 g/mol. The van der Waals surface area contributed by atoms with Crippen LogP contribution in [0.15, 0.2) is 69.9 Å². The van der Waals surface area contributed by atoms with Crippen molar-refractivity contribution in [2.24, 2.45) is 5.41 Å². The van der Waals surface area contributed by atoms with Gasteiger partial charge in [0, 0.05) is 5.92 Å². The predicted molar refractivity (Wildman–Crippen MR) is 130 cm³/mol. The summed E-state index contributed by atoms with van der Waals surface area (Å²) in [4.78, 5) is 13.1. The van der Waals surface area contributed by atoms with E-state index in [4.69, 9.17) is 4.42 Å². The van der Waals surface area contributed by atoms with Crippen molar-refractivity contribution >= 4 is 12.2 Å². The minimum absolute atomic E-state index is 0.0644. The zero-order chi connectivity index (χ0) is 22.6.